The molecule has 1 saturated heterocycles. The van der Waals surface area contributed by atoms with Crippen LogP contribution in [0.1, 0.15) is 29.9 Å². The van der Waals surface area contributed by atoms with Gasteiger partial charge in [-0.2, -0.15) is 26.3 Å². The Labute approximate surface area is 179 Å². The number of carbonyl (C=O) groups is 2. The van der Waals surface area contributed by atoms with Gasteiger partial charge in [0.2, 0.25) is 11.8 Å². The van der Waals surface area contributed by atoms with Crippen molar-refractivity contribution in [2.24, 2.45) is 0 Å². The lowest BCUT2D eigenvalue weighted by atomic mass is 9.96. The smallest absolute Gasteiger partial charge is 0.333 e. The van der Waals surface area contributed by atoms with Crippen molar-refractivity contribution < 1.29 is 35.9 Å². The van der Waals surface area contributed by atoms with Gasteiger partial charge in [-0.3, -0.25) is 9.59 Å². The molecule has 0 spiro atoms. The van der Waals surface area contributed by atoms with Crippen LogP contribution in [0.2, 0.25) is 0 Å². The molecular formula is C22H18F6N2O2. The molecule has 170 valence electrons. The number of likely N-dealkylation sites (tertiary alicyclic amines) is 1. The number of benzene rings is 1. The quantitative estimate of drug-likeness (QED) is 0.626. The number of carbonyl (C=O) groups excluding carboxylic acids is 2. The second kappa shape index (κ2) is 7.83. The first-order chi connectivity index (χ1) is 14.9. The van der Waals surface area contributed by atoms with Crippen molar-refractivity contribution in [1.29, 1.82) is 0 Å². The van der Waals surface area contributed by atoms with Crippen LogP contribution in [0.3, 0.4) is 0 Å². The first-order valence-corrected chi connectivity index (χ1v) is 9.88. The third-order valence-corrected chi connectivity index (χ3v) is 5.85. The monoisotopic (exact) mass is 456 g/mol. The van der Waals surface area contributed by atoms with E-state index in [1.165, 1.54) is 28.1 Å². The Morgan fingerprint density at radius 3 is 2.31 bits per heavy atom. The van der Waals surface area contributed by atoms with Gasteiger partial charge in [-0.1, -0.05) is 18.2 Å². The summed E-state index contributed by atoms with van der Waals surface area (Å²) in [6.45, 7) is 0.0294. The molecule has 2 aliphatic heterocycles. The topological polar surface area (TPSA) is 40.6 Å². The second-order valence-electron chi connectivity index (χ2n) is 7.93. The zero-order valence-corrected chi connectivity index (χ0v) is 16.6. The van der Waals surface area contributed by atoms with E-state index < -0.39 is 35.3 Å². The molecule has 1 unspecified atom stereocenters. The molecule has 0 bridgehead atoms. The predicted molar refractivity (Wildman–Crippen MR) is 102 cm³/mol. The summed E-state index contributed by atoms with van der Waals surface area (Å²) in [6.07, 6.45) is -4.88. The van der Waals surface area contributed by atoms with E-state index in [4.69, 9.17) is 0 Å². The van der Waals surface area contributed by atoms with Crippen LogP contribution in [0.5, 0.6) is 0 Å². The molecule has 1 aliphatic carbocycles. The molecule has 1 aromatic rings. The summed E-state index contributed by atoms with van der Waals surface area (Å²) in [4.78, 5) is 28.0. The van der Waals surface area contributed by atoms with Crippen LogP contribution in [0.15, 0.2) is 59.3 Å². The van der Waals surface area contributed by atoms with Crippen molar-refractivity contribution in [3.63, 3.8) is 0 Å². The molecule has 3 aliphatic rings. The highest BCUT2D eigenvalue weighted by Crippen LogP contribution is 2.37. The zero-order valence-electron chi connectivity index (χ0n) is 16.6. The van der Waals surface area contributed by atoms with E-state index in [2.05, 4.69) is 0 Å². The molecule has 2 heterocycles. The van der Waals surface area contributed by atoms with E-state index in [9.17, 15) is 35.9 Å². The second-order valence-corrected chi connectivity index (χ2v) is 7.93. The highest BCUT2D eigenvalue weighted by Gasteiger charge is 2.38. The van der Waals surface area contributed by atoms with Gasteiger partial charge in [0.25, 0.3) is 0 Å². The Kier molecular flexibility index (Phi) is 5.42. The standard InChI is InChI=1S/C22H18F6N2O2/c23-21(24,25)16-4-1-13(2-5-16)18-7-8-29(20(18)32)12-19(31)30-10-14-3-6-17(22(26,27)28)9-15(14)11-30/h1-2,4-6,9-10,18H,3,7-8,11-12H2. The molecule has 0 N–H and O–H groups in total. The van der Waals surface area contributed by atoms with Crippen LogP contribution in [0, 0.1) is 0 Å². The maximum Gasteiger partial charge on any atom is 0.416 e. The number of allylic oxidation sites excluding steroid dienone is 3. The fourth-order valence-electron chi connectivity index (χ4n) is 4.11. The van der Waals surface area contributed by atoms with Gasteiger partial charge in [0, 0.05) is 12.7 Å². The largest absolute Gasteiger partial charge is 0.416 e. The van der Waals surface area contributed by atoms with Gasteiger partial charge >= 0.3 is 12.4 Å². The van der Waals surface area contributed by atoms with E-state index >= 15 is 0 Å². The molecule has 0 radical (unpaired) electrons. The average Bonchev–Trinajstić information content (AvgIpc) is 3.30. The SMILES string of the molecule is O=C(CN1CCC(c2ccc(C(F)(F)F)cc2)C1=O)N1C=C2CC=C(C(F)(F)F)C=C2C1. The van der Waals surface area contributed by atoms with Gasteiger partial charge < -0.3 is 9.80 Å². The van der Waals surface area contributed by atoms with Crippen LogP contribution in [-0.4, -0.2) is 47.4 Å². The molecule has 0 aromatic heterocycles. The summed E-state index contributed by atoms with van der Waals surface area (Å²) in [7, 11) is 0. The summed E-state index contributed by atoms with van der Waals surface area (Å²) >= 11 is 0. The predicted octanol–water partition coefficient (Wildman–Crippen LogP) is 4.57. The molecule has 32 heavy (non-hydrogen) atoms. The molecule has 1 aromatic carbocycles. The lowest BCUT2D eigenvalue weighted by Crippen LogP contribution is -2.38. The minimum Gasteiger partial charge on any atom is -0.333 e. The minimum absolute atomic E-state index is 0.00590. The molecule has 1 atom stereocenters. The van der Waals surface area contributed by atoms with Gasteiger partial charge in [0.15, 0.2) is 0 Å². The molecule has 10 heteroatoms. The van der Waals surface area contributed by atoms with Crippen LogP contribution in [0.25, 0.3) is 0 Å². The Morgan fingerprint density at radius 2 is 1.69 bits per heavy atom. The highest BCUT2D eigenvalue weighted by atomic mass is 19.4. The zero-order chi connectivity index (χ0) is 23.3. The van der Waals surface area contributed by atoms with Gasteiger partial charge in [0.1, 0.15) is 6.54 Å². The lowest BCUT2D eigenvalue weighted by molar-refractivity contribution is -0.137. The number of hydrogen-bond acceptors (Lipinski definition) is 2. The van der Waals surface area contributed by atoms with E-state index in [0.29, 0.717) is 23.1 Å². The highest BCUT2D eigenvalue weighted by molar-refractivity contribution is 5.90. The van der Waals surface area contributed by atoms with Gasteiger partial charge in [-0.05, 0) is 47.8 Å². The number of nitrogens with zero attached hydrogens (tertiary/aromatic N) is 2. The van der Waals surface area contributed by atoms with E-state index in [0.717, 1.165) is 24.3 Å². The lowest BCUT2D eigenvalue weighted by Gasteiger charge is -2.20. The third kappa shape index (κ3) is 4.31. The summed E-state index contributed by atoms with van der Waals surface area (Å²) in [5.74, 6) is -1.42. The molecule has 1 fully saturated rings. The number of rotatable bonds is 3. The van der Waals surface area contributed by atoms with Crippen molar-refractivity contribution in [2.45, 2.75) is 31.1 Å². The summed E-state index contributed by atoms with van der Waals surface area (Å²) in [5, 5.41) is 0. The minimum atomic E-state index is -4.47. The number of amides is 2. The number of alkyl halides is 6. The van der Waals surface area contributed by atoms with E-state index in [-0.39, 0.29) is 32.0 Å². The third-order valence-electron chi connectivity index (χ3n) is 5.85. The van der Waals surface area contributed by atoms with Crippen molar-refractivity contribution in [1.82, 2.24) is 9.80 Å². The van der Waals surface area contributed by atoms with Crippen molar-refractivity contribution in [3.8, 4) is 0 Å². The average molecular weight is 456 g/mol. The Bertz CT molecular complexity index is 1030. The maximum absolute atomic E-state index is 12.9. The Balaban J connectivity index is 1.38. The van der Waals surface area contributed by atoms with Crippen LogP contribution < -0.4 is 0 Å². The van der Waals surface area contributed by atoms with E-state index in [1.807, 2.05) is 0 Å². The Morgan fingerprint density at radius 1 is 1.00 bits per heavy atom. The summed E-state index contributed by atoms with van der Waals surface area (Å²) < 4.78 is 76.9. The van der Waals surface area contributed by atoms with Crippen molar-refractivity contribution in [2.75, 3.05) is 19.6 Å². The van der Waals surface area contributed by atoms with Crippen LogP contribution >= 0.6 is 0 Å². The number of fused-ring (bicyclic) bond motifs is 1. The maximum atomic E-state index is 12.9. The molecular weight excluding hydrogens is 438 g/mol. The van der Waals surface area contributed by atoms with Crippen molar-refractivity contribution in [3.05, 3.63) is 70.5 Å². The Hall–Kier alpha value is -3.04. The molecule has 2 amide bonds. The fraction of sp³-hybridized carbons (Fsp3) is 0.364. The van der Waals surface area contributed by atoms with Gasteiger partial charge in [-0.15, -0.1) is 0 Å². The number of hydrogen-bond donors (Lipinski definition) is 0. The van der Waals surface area contributed by atoms with Crippen LogP contribution in [-0.2, 0) is 15.8 Å². The first-order valence-electron chi connectivity index (χ1n) is 9.88. The van der Waals surface area contributed by atoms with E-state index in [1.54, 1.807) is 0 Å². The molecule has 4 rings (SSSR count). The van der Waals surface area contributed by atoms with Crippen LogP contribution in [0.4, 0.5) is 26.3 Å². The normalized spacial score (nSPS) is 21.4. The number of halogens is 6. The van der Waals surface area contributed by atoms with Crippen molar-refractivity contribution >= 4 is 11.8 Å². The summed E-state index contributed by atoms with van der Waals surface area (Å²) in [6, 6.07) is 4.38. The molecule has 4 nitrogen and oxygen atoms in total. The van der Waals surface area contributed by atoms with Gasteiger partial charge in [-0.25, -0.2) is 0 Å². The summed E-state index contributed by atoms with van der Waals surface area (Å²) in [5.41, 5.74) is -0.0544. The molecule has 0 saturated carbocycles. The van der Waals surface area contributed by atoms with Gasteiger partial charge in [0.05, 0.1) is 23.6 Å². The first kappa shape index (κ1) is 22.2. The fourth-order valence-corrected chi connectivity index (χ4v) is 4.11.